The number of amides is 1. The largest absolute Gasteiger partial charge is 0.350 e. The van der Waals surface area contributed by atoms with Crippen LogP contribution in [-0.4, -0.2) is 27.4 Å². The molecule has 0 fully saturated rings. The number of carbonyl (C=O) groups excluding carboxylic acids is 1. The van der Waals surface area contributed by atoms with Crippen LogP contribution >= 0.6 is 22.9 Å². The maximum absolute atomic E-state index is 12.4. The van der Waals surface area contributed by atoms with Gasteiger partial charge in [-0.25, -0.2) is 4.98 Å². The zero-order chi connectivity index (χ0) is 17.2. The first-order valence-electron chi connectivity index (χ1n) is 7.84. The molecule has 7 heteroatoms. The van der Waals surface area contributed by atoms with Crippen molar-refractivity contribution in [3.63, 3.8) is 0 Å². The van der Waals surface area contributed by atoms with E-state index in [4.69, 9.17) is 11.6 Å². The molecule has 1 amide bonds. The summed E-state index contributed by atoms with van der Waals surface area (Å²) in [6.45, 7) is 0.516. The Labute approximate surface area is 153 Å². The summed E-state index contributed by atoms with van der Waals surface area (Å²) in [6, 6.07) is 11.4. The van der Waals surface area contributed by atoms with Crippen molar-refractivity contribution < 1.29 is 4.79 Å². The zero-order valence-electron chi connectivity index (χ0n) is 13.2. The van der Waals surface area contributed by atoms with Crippen LogP contribution in [0.3, 0.4) is 0 Å². The van der Waals surface area contributed by atoms with Crippen LogP contribution in [0.4, 0.5) is 0 Å². The van der Waals surface area contributed by atoms with Crippen molar-refractivity contribution in [1.82, 2.24) is 20.3 Å². The van der Waals surface area contributed by atoms with Gasteiger partial charge in [-0.15, -0.1) is 11.3 Å². The monoisotopic (exact) mass is 370 g/mol. The number of para-hydroxylation sites is 1. The summed E-state index contributed by atoms with van der Waals surface area (Å²) < 4.78 is 0. The predicted octanol–water partition coefficient (Wildman–Crippen LogP) is 4.25. The van der Waals surface area contributed by atoms with E-state index in [0.29, 0.717) is 23.7 Å². The molecule has 0 spiro atoms. The molecule has 4 rings (SSSR count). The average Bonchev–Trinajstić information content (AvgIpc) is 3.34. The number of halogens is 1. The molecule has 1 aromatic carbocycles. The highest BCUT2D eigenvalue weighted by atomic mass is 35.5. The second-order valence-corrected chi connectivity index (χ2v) is 6.95. The number of fused-ring (bicyclic) bond motifs is 1. The number of thiophene rings is 1. The van der Waals surface area contributed by atoms with Crippen LogP contribution in [0.15, 0.2) is 48.1 Å². The number of hydrogen-bond acceptors (Lipinski definition) is 3. The van der Waals surface area contributed by atoms with Gasteiger partial charge in [-0.3, -0.25) is 4.79 Å². The summed E-state index contributed by atoms with van der Waals surface area (Å²) in [6.07, 6.45) is 2.37. The van der Waals surface area contributed by atoms with Gasteiger partial charge in [0.25, 0.3) is 5.91 Å². The van der Waals surface area contributed by atoms with E-state index in [9.17, 15) is 4.79 Å². The van der Waals surface area contributed by atoms with E-state index in [2.05, 4.69) is 20.3 Å². The third-order valence-electron chi connectivity index (χ3n) is 3.98. The first kappa shape index (κ1) is 15.9. The van der Waals surface area contributed by atoms with E-state index in [0.717, 1.165) is 27.2 Å². The summed E-state index contributed by atoms with van der Waals surface area (Å²) >= 11 is 7.79. The van der Waals surface area contributed by atoms with E-state index in [-0.39, 0.29) is 5.91 Å². The van der Waals surface area contributed by atoms with E-state index in [1.54, 1.807) is 23.7 Å². The quantitative estimate of drug-likeness (QED) is 0.491. The Morgan fingerprint density at radius 1 is 1.28 bits per heavy atom. The van der Waals surface area contributed by atoms with Gasteiger partial charge in [0.05, 0.1) is 21.7 Å². The van der Waals surface area contributed by atoms with Gasteiger partial charge in [-0.05, 0) is 23.6 Å². The molecule has 25 heavy (non-hydrogen) atoms. The van der Waals surface area contributed by atoms with Crippen LogP contribution in [0.5, 0.6) is 0 Å². The van der Waals surface area contributed by atoms with Crippen molar-refractivity contribution in [3.05, 3.63) is 64.5 Å². The summed E-state index contributed by atoms with van der Waals surface area (Å²) in [7, 11) is 0. The molecule has 0 bridgehead atoms. The molecule has 0 atom stereocenters. The van der Waals surface area contributed by atoms with E-state index >= 15 is 0 Å². The van der Waals surface area contributed by atoms with E-state index in [1.165, 1.54) is 0 Å². The predicted molar refractivity (Wildman–Crippen MR) is 101 cm³/mol. The van der Waals surface area contributed by atoms with Gasteiger partial charge in [0.1, 0.15) is 11.4 Å². The van der Waals surface area contributed by atoms with Crippen molar-refractivity contribution in [3.8, 4) is 10.6 Å². The lowest BCUT2D eigenvalue weighted by Gasteiger charge is -2.04. The van der Waals surface area contributed by atoms with Crippen molar-refractivity contribution >= 4 is 39.7 Å². The van der Waals surface area contributed by atoms with Crippen LogP contribution in [0.1, 0.15) is 16.2 Å². The Kier molecular flexibility index (Phi) is 4.29. The number of imidazole rings is 1. The van der Waals surface area contributed by atoms with Crippen LogP contribution in [-0.2, 0) is 6.42 Å². The first-order chi connectivity index (χ1) is 12.2. The van der Waals surface area contributed by atoms with Crippen LogP contribution < -0.4 is 5.32 Å². The number of carbonyl (C=O) groups is 1. The summed E-state index contributed by atoms with van der Waals surface area (Å²) in [4.78, 5) is 24.1. The highest BCUT2D eigenvalue weighted by Gasteiger charge is 2.12. The normalized spacial score (nSPS) is 11.1. The molecular weight excluding hydrogens is 356 g/mol. The van der Waals surface area contributed by atoms with Gasteiger partial charge in [0, 0.05) is 24.0 Å². The molecule has 0 radical (unpaired) electrons. The maximum Gasteiger partial charge on any atom is 0.267 e. The lowest BCUT2D eigenvalue weighted by atomic mass is 10.2. The number of H-pyrrole nitrogens is 2. The molecule has 4 aromatic rings. The Balaban J connectivity index is 1.42. The lowest BCUT2D eigenvalue weighted by Crippen LogP contribution is -2.26. The Hall–Kier alpha value is -2.57. The molecule has 0 saturated carbocycles. The number of hydrogen-bond donors (Lipinski definition) is 3. The van der Waals surface area contributed by atoms with Gasteiger partial charge in [-0.1, -0.05) is 29.8 Å². The van der Waals surface area contributed by atoms with E-state index in [1.807, 2.05) is 35.7 Å². The van der Waals surface area contributed by atoms with Gasteiger partial charge in [0.2, 0.25) is 0 Å². The van der Waals surface area contributed by atoms with Crippen molar-refractivity contribution in [2.24, 2.45) is 0 Å². The number of nitrogens with zero attached hydrogens (tertiary/aromatic N) is 1. The summed E-state index contributed by atoms with van der Waals surface area (Å²) in [5.74, 6) is -0.149. The highest BCUT2D eigenvalue weighted by Crippen LogP contribution is 2.25. The Morgan fingerprint density at radius 2 is 2.20 bits per heavy atom. The molecule has 0 unspecified atom stereocenters. The van der Waals surface area contributed by atoms with Gasteiger partial charge in [-0.2, -0.15) is 0 Å². The fourth-order valence-corrected chi connectivity index (χ4v) is 3.75. The molecular formula is C18H15ClN4OS. The maximum atomic E-state index is 12.4. The molecule has 0 aliphatic heterocycles. The fraction of sp³-hybridized carbons (Fsp3) is 0.111. The second kappa shape index (κ2) is 6.74. The first-order valence-corrected chi connectivity index (χ1v) is 9.09. The second-order valence-electron chi connectivity index (χ2n) is 5.60. The summed E-state index contributed by atoms with van der Waals surface area (Å²) in [5, 5.41) is 6.49. The average molecular weight is 371 g/mol. The van der Waals surface area contributed by atoms with Crippen molar-refractivity contribution in [2.75, 3.05) is 6.54 Å². The third kappa shape index (κ3) is 3.18. The van der Waals surface area contributed by atoms with Gasteiger partial charge in [0.15, 0.2) is 0 Å². The zero-order valence-corrected chi connectivity index (χ0v) is 14.7. The van der Waals surface area contributed by atoms with Crippen molar-refractivity contribution in [2.45, 2.75) is 6.42 Å². The van der Waals surface area contributed by atoms with Crippen LogP contribution in [0, 0.1) is 0 Å². The Morgan fingerprint density at radius 3 is 3.00 bits per heavy atom. The number of rotatable bonds is 5. The minimum Gasteiger partial charge on any atom is -0.350 e. The van der Waals surface area contributed by atoms with Gasteiger partial charge >= 0.3 is 0 Å². The number of benzene rings is 1. The molecule has 3 aromatic heterocycles. The van der Waals surface area contributed by atoms with Crippen LogP contribution in [0.2, 0.25) is 5.02 Å². The number of nitrogens with one attached hydrogen (secondary N) is 3. The minimum absolute atomic E-state index is 0.149. The molecule has 0 aliphatic carbocycles. The standard InChI is InChI=1S/C18H15ClN4OS/c19-12-4-1-3-11-9-14(23-16(11)12)18(24)20-7-6-13-17(22-10-21-13)15-5-2-8-25-15/h1-5,8-10,23H,6-7H2,(H,20,24)(H,21,22). The molecule has 126 valence electrons. The number of aromatic nitrogens is 3. The third-order valence-corrected chi connectivity index (χ3v) is 5.17. The van der Waals surface area contributed by atoms with Crippen LogP contribution in [0.25, 0.3) is 21.5 Å². The number of aromatic amines is 2. The smallest absolute Gasteiger partial charge is 0.267 e. The van der Waals surface area contributed by atoms with E-state index < -0.39 is 0 Å². The molecule has 0 saturated heterocycles. The molecule has 5 nitrogen and oxygen atoms in total. The molecule has 0 aliphatic rings. The topological polar surface area (TPSA) is 73.6 Å². The highest BCUT2D eigenvalue weighted by molar-refractivity contribution is 7.13. The Bertz CT molecular complexity index is 1020. The summed E-state index contributed by atoms with van der Waals surface area (Å²) in [5.41, 5.74) is 3.25. The fourth-order valence-electron chi connectivity index (χ4n) is 2.78. The van der Waals surface area contributed by atoms with Gasteiger partial charge < -0.3 is 15.3 Å². The lowest BCUT2D eigenvalue weighted by molar-refractivity contribution is 0.0950. The minimum atomic E-state index is -0.149. The molecule has 3 N–H and O–H groups in total. The molecule has 3 heterocycles. The SMILES string of the molecule is O=C(NCCc1[nH]cnc1-c1cccs1)c1cc2cccc(Cl)c2[nH]1. The van der Waals surface area contributed by atoms with Crippen molar-refractivity contribution in [1.29, 1.82) is 0 Å².